The molecule has 0 unspecified atom stereocenters. The summed E-state index contributed by atoms with van der Waals surface area (Å²) in [5.74, 6) is 1.34. The number of rotatable bonds is 2. The Hall–Kier alpha value is -2.44. The summed E-state index contributed by atoms with van der Waals surface area (Å²) in [7, 11) is 0. The Morgan fingerprint density at radius 2 is 2.00 bits per heavy atom. The Morgan fingerprint density at radius 3 is 2.63 bits per heavy atom. The molecule has 2 aromatic rings. The van der Waals surface area contributed by atoms with Crippen LogP contribution < -0.4 is 0 Å². The highest BCUT2D eigenvalue weighted by Crippen LogP contribution is 2.39. The highest BCUT2D eigenvalue weighted by Gasteiger charge is 2.29. The summed E-state index contributed by atoms with van der Waals surface area (Å²) in [6.07, 6.45) is 2.22. The second-order valence-corrected chi connectivity index (χ2v) is 4.84. The van der Waals surface area contributed by atoms with Crippen molar-refractivity contribution in [3.8, 4) is 17.8 Å². The topological polar surface area (TPSA) is 81.2 Å². The number of H-pyrrole nitrogens is 1. The Balaban J connectivity index is 2.18. The van der Waals surface area contributed by atoms with Gasteiger partial charge in [-0.15, -0.1) is 0 Å². The van der Waals surface area contributed by atoms with Crippen molar-refractivity contribution in [2.45, 2.75) is 18.8 Å². The van der Waals surface area contributed by atoms with Gasteiger partial charge >= 0.3 is 0 Å². The van der Waals surface area contributed by atoms with Crippen LogP contribution in [0.25, 0.3) is 5.69 Å². The van der Waals surface area contributed by atoms with E-state index in [0.717, 1.165) is 24.4 Å². The van der Waals surface area contributed by atoms with Gasteiger partial charge in [-0.3, -0.25) is 9.67 Å². The van der Waals surface area contributed by atoms with Crippen LogP contribution in [0, 0.1) is 27.4 Å². The average Bonchev–Trinajstić information content (AvgIpc) is 3.21. The van der Waals surface area contributed by atoms with E-state index in [1.54, 1.807) is 18.2 Å². The fourth-order valence-electron chi connectivity index (χ4n) is 2.04. The summed E-state index contributed by atoms with van der Waals surface area (Å²) in [6, 6.07) is 9.14. The van der Waals surface area contributed by atoms with Crippen molar-refractivity contribution in [2.75, 3.05) is 0 Å². The van der Waals surface area contributed by atoms with Crippen molar-refractivity contribution < 1.29 is 0 Å². The van der Waals surface area contributed by atoms with Gasteiger partial charge in [0.1, 0.15) is 18.0 Å². The predicted octanol–water partition coefficient (Wildman–Crippen LogP) is 2.55. The maximum Gasteiger partial charge on any atom is 0.199 e. The van der Waals surface area contributed by atoms with Crippen molar-refractivity contribution in [1.82, 2.24) is 14.8 Å². The van der Waals surface area contributed by atoms with E-state index in [2.05, 4.69) is 10.2 Å². The highest BCUT2D eigenvalue weighted by atomic mass is 32.1. The molecule has 1 fully saturated rings. The van der Waals surface area contributed by atoms with Gasteiger partial charge in [0.25, 0.3) is 0 Å². The molecule has 1 heterocycles. The van der Waals surface area contributed by atoms with Gasteiger partial charge in [0.05, 0.1) is 16.8 Å². The largest absolute Gasteiger partial charge is 0.272 e. The van der Waals surface area contributed by atoms with Crippen molar-refractivity contribution in [2.24, 2.45) is 0 Å². The van der Waals surface area contributed by atoms with Crippen LogP contribution in [0.15, 0.2) is 18.2 Å². The van der Waals surface area contributed by atoms with Gasteiger partial charge in [-0.25, -0.2) is 0 Å². The zero-order valence-electron chi connectivity index (χ0n) is 9.92. The zero-order valence-corrected chi connectivity index (χ0v) is 10.7. The predicted molar refractivity (Wildman–Crippen MR) is 70.2 cm³/mol. The lowest BCUT2D eigenvalue weighted by Gasteiger charge is -2.06. The number of nitrogens with zero attached hydrogens (tertiary/aromatic N) is 4. The van der Waals surface area contributed by atoms with Crippen LogP contribution in [0.2, 0.25) is 0 Å². The first kappa shape index (κ1) is 11.6. The Labute approximate surface area is 114 Å². The van der Waals surface area contributed by atoms with Crippen LogP contribution in [0.3, 0.4) is 0 Å². The highest BCUT2D eigenvalue weighted by molar-refractivity contribution is 7.71. The van der Waals surface area contributed by atoms with Crippen LogP contribution in [0.4, 0.5) is 0 Å². The van der Waals surface area contributed by atoms with Gasteiger partial charge in [0.2, 0.25) is 0 Å². The molecule has 6 heteroatoms. The van der Waals surface area contributed by atoms with Gasteiger partial charge in [0, 0.05) is 5.92 Å². The molecule has 19 heavy (non-hydrogen) atoms. The Bertz CT molecular complexity index is 783. The molecule has 1 saturated carbocycles. The van der Waals surface area contributed by atoms with E-state index < -0.39 is 0 Å². The van der Waals surface area contributed by atoms with E-state index in [1.165, 1.54) is 0 Å². The second kappa shape index (κ2) is 4.34. The molecular weight excluding hydrogens is 258 g/mol. The van der Waals surface area contributed by atoms with E-state index in [0.29, 0.717) is 21.8 Å². The molecule has 1 aromatic carbocycles. The first-order valence-corrected chi connectivity index (χ1v) is 6.27. The smallest absolute Gasteiger partial charge is 0.199 e. The molecule has 0 radical (unpaired) electrons. The molecule has 3 rings (SSSR count). The minimum absolute atomic E-state index is 0.352. The minimum atomic E-state index is 0.352. The van der Waals surface area contributed by atoms with E-state index in [9.17, 15) is 0 Å². The fourth-order valence-corrected chi connectivity index (χ4v) is 2.28. The number of aromatic nitrogens is 3. The molecule has 0 saturated heterocycles. The third-order valence-corrected chi connectivity index (χ3v) is 3.42. The third-order valence-electron chi connectivity index (χ3n) is 3.14. The molecule has 1 aliphatic rings. The Morgan fingerprint density at radius 1 is 1.26 bits per heavy atom. The van der Waals surface area contributed by atoms with Crippen LogP contribution in [0.5, 0.6) is 0 Å². The maximum atomic E-state index is 9.07. The summed E-state index contributed by atoms with van der Waals surface area (Å²) < 4.78 is 2.35. The van der Waals surface area contributed by atoms with Crippen LogP contribution >= 0.6 is 12.2 Å². The summed E-state index contributed by atoms with van der Waals surface area (Å²) >= 11 is 5.24. The molecule has 0 aliphatic heterocycles. The second-order valence-electron chi connectivity index (χ2n) is 4.45. The van der Waals surface area contributed by atoms with Gasteiger partial charge in [0.15, 0.2) is 4.77 Å². The monoisotopic (exact) mass is 267 g/mol. The number of nitriles is 2. The van der Waals surface area contributed by atoms with Crippen molar-refractivity contribution in [3.63, 3.8) is 0 Å². The average molecular weight is 267 g/mol. The molecular formula is C13H9N5S. The lowest BCUT2D eigenvalue weighted by molar-refractivity contribution is 0.868. The number of benzene rings is 1. The van der Waals surface area contributed by atoms with E-state index >= 15 is 0 Å². The van der Waals surface area contributed by atoms with Crippen molar-refractivity contribution in [1.29, 1.82) is 10.5 Å². The normalized spacial score (nSPS) is 13.8. The number of aromatic amines is 1. The first-order chi connectivity index (χ1) is 9.24. The SMILES string of the molecule is N#Cc1ccc(-n2c(C3CC3)n[nH]c2=S)cc1C#N. The first-order valence-electron chi connectivity index (χ1n) is 5.86. The summed E-state index contributed by atoms with van der Waals surface area (Å²) in [5, 5.41) is 25.0. The molecule has 0 atom stereocenters. The van der Waals surface area contributed by atoms with Gasteiger partial charge in [-0.1, -0.05) is 0 Å². The molecule has 1 aliphatic carbocycles. The molecule has 0 amide bonds. The molecule has 5 nitrogen and oxygen atoms in total. The van der Waals surface area contributed by atoms with Crippen LogP contribution in [0.1, 0.15) is 35.7 Å². The lowest BCUT2D eigenvalue weighted by Crippen LogP contribution is -2.01. The van der Waals surface area contributed by atoms with E-state index in [1.807, 2.05) is 16.7 Å². The van der Waals surface area contributed by atoms with Gasteiger partial charge < -0.3 is 0 Å². The molecule has 0 bridgehead atoms. The van der Waals surface area contributed by atoms with Crippen LogP contribution in [-0.2, 0) is 0 Å². The van der Waals surface area contributed by atoms with E-state index in [-0.39, 0.29) is 0 Å². The minimum Gasteiger partial charge on any atom is -0.272 e. The summed E-state index contributed by atoms with van der Waals surface area (Å²) in [4.78, 5) is 0. The van der Waals surface area contributed by atoms with Crippen LogP contribution in [-0.4, -0.2) is 14.8 Å². The lowest BCUT2D eigenvalue weighted by atomic mass is 10.1. The zero-order chi connectivity index (χ0) is 13.4. The van der Waals surface area contributed by atoms with Gasteiger partial charge in [-0.05, 0) is 43.3 Å². The third kappa shape index (κ3) is 1.92. The molecule has 92 valence electrons. The van der Waals surface area contributed by atoms with Gasteiger partial charge in [-0.2, -0.15) is 15.6 Å². The van der Waals surface area contributed by atoms with Crippen molar-refractivity contribution in [3.05, 3.63) is 39.9 Å². The summed E-state index contributed by atoms with van der Waals surface area (Å²) in [6.45, 7) is 0. The summed E-state index contributed by atoms with van der Waals surface area (Å²) in [5.41, 5.74) is 1.50. The Kier molecular flexibility index (Phi) is 2.66. The molecule has 1 aromatic heterocycles. The standard InChI is InChI=1S/C13H9N5S/c14-6-9-3-4-11(5-10(9)7-15)18-12(8-1-2-8)16-17-13(18)19/h3-5,8H,1-2H2,(H,17,19). The number of hydrogen-bond donors (Lipinski definition) is 1. The maximum absolute atomic E-state index is 9.07. The van der Waals surface area contributed by atoms with Crippen molar-refractivity contribution >= 4 is 12.2 Å². The molecule has 0 spiro atoms. The van der Waals surface area contributed by atoms with E-state index in [4.69, 9.17) is 22.7 Å². The fraction of sp³-hybridized carbons (Fsp3) is 0.231. The quantitative estimate of drug-likeness (QED) is 0.848. The number of hydrogen-bond acceptors (Lipinski definition) is 4. The molecule has 1 N–H and O–H groups in total. The number of nitrogens with one attached hydrogen (secondary N) is 1.